The molecule has 0 aliphatic carbocycles. The second-order valence-corrected chi connectivity index (χ2v) is 6.63. The molecule has 3 heterocycles. The third-order valence-corrected chi connectivity index (χ3v) is 5.40. The number of rotatable bonds is 5. The van der Waals surface area contributed by atoms with Crippen LogP contribution < -0.4 is 0 Å². The summed E-state index contributed by atoms with van der Waals surface area (Å²) in [7, 11) is 0. The minimum Gasteiger partial charge on any atom is -0.481 e. The maximum Gasteiger partial charge on any atom is 0.310 e. The lowest BCUT2D eigenvalue weighted by molar-refractivity contribution is -0.148. The summed E-state index contributed by atoms with van der Waals surface area (Å²) in [4.78, 5) is 26.6. The average molecular weight is 325 g/mol. The summed E-state index contributed by atoms with van der Waals surface area (Å²) in [6.07, 6.45) is 5.52. The number of amides is 1. The van der Waals surface area contributed by atoms with E-state index in [4.69, 9.17) is 4.74 Å². The molecular weight excluding hydrogens is 306 g/mol. The molecule has 1 amide bonds. The Morgan fingerprint density at radius 3 is 2.79 bits per heavy atom. The van der Waals surface area contributed by atoms with E-state index in [0.29, 0.717) is 13.0 Å². The van der Waals surface area contributed by atoms with E-state index < -0.39 is 29.5 Å². The summed E-state index contributed by atoms with van der Waals surface area (Å²) in [6.45, 7) is 4.25. The van der Waals surface area contributed by atoms with E-state index in [0.717, 1.165) is 5.56 Å². The molecule has 0 saturated carbocycles. The molecule has 124 valence electrons. The third kappa shape index (κ3) is 1.91. The van der Waals surface area contributed by atoms with Gasteiger partial charge in [-0.25, -0.2) is 0 Å². The van der Waals surface area contributed by atoms with E-state index in [1.165, 1.54) is 0 Å². The van der Waals surface area contributed by atoms with Crippen LogP contribution in [-0.2, 0) is 20.9 Å². The van der Waals surface area contributed by atoms with E-state index in [9.17, 15) is 14.7 Å². The summed E-state index contributed by atoms with van der Waals surface area (Å²) in [5, 5.41) is 9.58. The van der Waals surface area contributed by atoms with Crippen molar-refractivity contribution >= 4 is 11.9 Å². The van der Waals surface area contributed by atoms with Crippen LogP contribution in [0.3, 0.4) is 0 Å². The fourth-order valence-electron chi connectivity index (χ4n) is 4.44. The van der Waals surface area contributed by atoms with Crippen LogP contribution >= 0.6 is 0 Å². The largest absolute Gasteiger partial charge is 0.481 e. The third-order valence-electron chi connectivity index (χ3n) is 5.40. The topological polar surface area (TPSA) is 66.8 Å². The Labute approximate surface area is 140 Å². The fraction of sp³-hybridized carbons (Fsp3) is 0.368. The Balaban J connectivity index is 1.73. The van der Waals surface area contributed by atoms with Gasteiger partial charge in [0.15, 0.2) is 0 Å². The molecule has 2 saturated heterocycles. The molecule has 0 unspecified atom stereocenters. The molecule has 3 aliphatic rings. The predicted octanol–water partition coefficient (Wildman–Crippen LogP) is 2.00. The number of carboxylic acid groups (broad SMARTS) is 1. The quantitative estimate of drug-likeness (QED) is 0.841. The molecule has 0 radical (unpaired) electrons. The Kier molecular flexibility index (Phi) is 3.35. The zero-order valence-electron chi connectivity index (χ0n) is 13.2. The smallest absolute Gasteiger partial charge is 0.310 e. The molecular formula is C19H19NO4. The second-order valence-electron chi connectivity index (χ2n) is 6.63. The van der Waals surface area contributed by atoms with E-state index >= 15 is 0 Å². The molecule has 2 bridgehead atoms. The van der Waals surface area contributed by atoms with Crippen molar-refractivity contribution in [2.75, 3.05) is 0 Å². The minimum atomic E-state index is -0.969. The minimum absolute atomic E-state index is 0.134. The van der Waals surface area contributed by atoms with Crippen LogP contribution in [0.2, 0.25) is 0 Å². The molecule has 5 heteroatoms. The molecule has 4 rings (SSSR count). The van der Waals surface area contributed by atoms with Gasteiger partial charge in [0, 0.05) is 6.54 Å². The van der Waals surface area contributed by atoms with Gasteiger partial charge in [-0.3, -0.25) is 9.59 Å². The SMILES string of the molecule is C=CC[C@H]1N(Cc2ccccc2)C(=O)[C@@H]2[C@@H](C(=O)O)[C@H]3C=C[C@@]21O3. The Bertz CT molecular complexity index is 728. The zero-order chi connectivity index (χ0) is 16.9. The molecule has 5 atom stereocenters. The first-order chi connectivity index (χ1) is 11.6. The Morgan fingerprint density at radius 2 is 2.12 bits per heavy atom. The van der Waals surface area contributed by atoms with E-state index in [2.05, 4.69) is 6.58 Å². The molecule has 1 N–H and O–H groups in total. The molecule has 2 fully saturated rings. The molecule has 1 aromatic rings. The van der Waals surface area contributed by atoms with Crippen molar-refractivity contribution < 1.29 is 19.4 Å². The Hall–Kier alpha value is -2.40. The highest BCUT2D eigenvalue weighted by atomic mass is 16.5. The van der Waals surface area contributed by atoms with Crippen LogP contribution in [0, 0.1) is 11.8 Å². The number of hydrogen-bond acceptors (Lipinski definition) is 3. The van der Waals surface area contributed by atoms with Crippen molar-refractivity contribution in [3.05, 3.63) is 60.7 Å². The van der Waals surface area contributed by atoms with Crippen LogP contribution in [0.1, 0.15) is 12.0 Å². The van der Waals surface area contributed by atoms with Crippen LogP contribution in [0.15, 0.2) is 55.1 Å². The number of benzene rings is 1. The zero-order valence-corrected chi connectivity index (χ0v) is 13.2. The number of carbonyl (C=O) groups is 2. The average Bonchev–Trinajstić information content (AvgIpc) is 3.20. The number of nitrogens with zero attached hydrogens (tertiary/aromatic N) is 1. The summed E-state index contributed by atoms with van der Waals surface area (Å²) in [5.41, 5.74) is 0.176. The van der Waals surface area contributed by atoms with Crippen molar-refractivity contribution in [1.82, 2.24) is 4.90 Å². The molecule has 0 aromatic heterocycles. The first-order valence-corrected chi connectivity index (χ1v) is 8.14. The van der Waals surface area contributed by atoms with Crippen molar-refractivity contribution in [3.8, 4) is 0 Å². The number of ether oxygens (including phenoxy) is 1. The lowest BCUT2D eigenvalue weighted by atomic mass is 9.74. The maximum atomic E-state index is 13.1. The monoisotopic (exact) mass is 325 g/mol. The van der Waals surface area contributed by atoms with E-state index in [-0.39, 0.29) is 11.9 Å². The highest BCUT2D eigenvalue weighted by Gasteiger charge is 2.70. The lowest BCUT2D eigenvalue weighted by Crippen LogP contribution is -2.44. The maximum absolute atomic E-state index is 13.1. The van der Waals surface area contributed by atoms with Gasteiger partial charge < -0.3 is 14.7 Å². The second kappa shape index (κ2) is 5.31. The van der Waals surface area contributed by atoms with Gasteiger partial charge in [-0.15, -0.1) is 6.58 Å². The molecule has 5 nitrogen and oxygen atoms in total. The van der Waals surface area contributed by atoms with Crippen molar-refractivity contribution in [1.29, 1.82) is 0 Å². The van der Waals surface area contributed by atoms with Crippen LogP contribution in [0.25, 0.3) is 0 Å². The van der Waals surface area contributed by atoms with Crippen molar-refractivity contribution in [3.63, 3.8) is 0 Å². The number of carboxylic acids is 1. The summed E-state index contributed by atoms with van der Waals surface area (Å²) < 4.78 is 6.06. The van der Waals surface area contributed by atoms with Gasteiger partial charge in [0.2, 0.25) is 5.91 Å². The van der Waals surface area contributed by atoms with E-state index in [1.54, 1.807) is 17.1 Å². The van der Waals surface area contributed by atoms with Gasteiger partial charge in [-0.05, 0) is 12.0 Å². The van der Waals surface area contributed by atoms with Gasteiger partial charge in [0.1, 0.15) is 11.5 Å². The normalized spacial score (nSPS) is 36.2. The number of carbonyl (C=O) groups excluding carboxylic acids is 1. The first-order valence-electron chi connectivity index (χ1n) is 8.14. The number of aliphatic carboxylic acids is 1. The van der Waals surface area contributed by atoms with Crippen LogP contribution in [0.5, 0.6) is 0 Å². The molecule has 3 aliphatic heterocycles. The number of fused-ring (bicyclic) bond motifs is 1. The lowest BCUT2D eigenvalue weighted by Gasteiger charge is -2.32. The van der Waals surface area contributed by atoms with Gasteiger partial charge in [-0.1, -0.05) is 48.6 Å². The highest BCUT2D eigenvalue weighted by molar-refractivity contribution is 5.91. The molecule has 1 spiro atoms. The Morgan fingerprint density at radius 1 is 1.38 bits per heavy atom. The standard InChI is InChI=1S/C19H19NO4/c1-2-6-14-19-10-9-13(24-19)15(18(22)23)16(19)17(21)20(14)11-12-7-4-3-5-8-12/h2-5,7-10,13-16H,1,6,11H2,(H,22,23)/t13-,14-,15+,16+,19+/m1/s1. The predicted molar refractivity (Wildman–Crippen MR) is 87.0 cm³/mol. The van der Waals surface area contributed by atoms with E-state index in [1.807, 2.05) is 36.4 Å². The van der Waals surface area contributed by atoms with Crippen LogP contribution in [0.4, 0.5) is 0 Å². The molecule has 1 aromatic carbocycles. The fourth-order valence-corrected chi connectivity index (χ4v) is 4.44. The summed E-state index contributed by atoms with van der Waals surface area (Å²) >= 11 is 0. The van der Waals surface area contributed by atoms with Crippen LogP contribution in [-0.4, -0.2) is 39.6 Å². The van der Waals surface area contributed by atoms with Gasteiger partial charge in [-0.2, -0.15) is 0 Å². The number of hydrogen-bond donors (Lipinski definition) is 1. The van der Waals surface area contributed by atoms with Gasteiger partial charge in [0.05, 0.1) is 18.1 Å². The van der Waals surface area contributed by atoms with Crippen molar-refractivity contribution in [2.24, 2.45) is 11.8 Å². The van der Waals surface area contributed by atoms with Crippen molar-refractivity contribution in [2.45, 2.75) is 30.7 Å². The summed E-state index contributed by atoms with van der Waals surface area (Å²) in [5.74, 6) is -2.57. The highest BCUT2D eigenvalue weighted by Crippen LogP contribution is 2.55. The van der Waals surface area contributed by atoms with Gasteiger partial charge in [0.25, 0.3) is 0 Å². The summed E-state index contributed by atoms with van der Waals surface area (Å²) in [6, 6.07) is 9.50. The number of likely N-dealkylation sites (tertiary alicyclic amines) is 1. The first kappa shape index (κ1) is 15.1. The van der Waals surface area contributed by atoms with Gasteiger partial charge >= 0.3 is 5.97 Å². The molecule has 24 heavy (non-hydrogen) atoms.